The van der Waals surface area contributed by atoms with Crippen molar-refractivity contribution in [3.8, 4) is 6.07 Å². The van der Waals surface area contributed by atoms with Gasteiger partial charge >= 0.3 is 0 Å². The van der Waals surface area contributed by atoms with Gasteiger partial charge in [-0.05, 0) is 66.3 Å². The number of anilines is 3. The molecule has 2 aromatic carbocycles. The summed E-state index contributed by atoms with van der Waals surface area (Å²) in [6.45, 7) is 2.19. The van der Waals surface area contributed by atoms with Crippen molar-refractivity contribution >= 4 is 23.2 Å². The molecule has 0 bridgehead atoms. The first kappa shape index (κ1) is 22.5. The summed E-state index contributed by atoms with van der Waals surface area (Å²) in [5.74, 6) is 0.537. The summed E-state index contributed by atoms with van der Waals surface area (Å²) in [5.41, 5.74) is 18.1. The third kappa shape index (κ3) is 3.50. The van der Waals surface area contributed by atoms with Gasteiger partial charge in [-0.15, -0.1) is 0 Å². The summed E-state index contributed by atoms with van der Waals surface area (Å²) in [7, 11) is 0. The summed E-state index contributed by atoms with van der Waals surface area (Å²) < 4.78 is 0. The van der Waals surface area contributed by atoms with E-state index < -0.39 is 0 Å². The molecule has 4 N–H and O–H groups in total. The summed E-state index contributed by atoms with van der Waals surface area (Å²) in [6, 6.07) is 16.3. The monoisotopic (exact) mass is 479 g/mol. The molecule has 1 saturated heterocycles. The summed E-state index contributed by atoms with van der Waals surface area (Å²) >= 11 is 0. The minimum absolute atomic E-state index is 0.0565. The fourth-order valence-corrected chi connectivity index (χ4v) is 6.27. The van der Waals surface area contributed by atoms with Crippen molar-refractivity contribution in [2.24, 2.45) is 11.1 Å². The summed E-state index contributed by atoms with van der Waals surface area (Å²) in [5, 5.41) is 9.45. The average molecular weight is 480 g/mol. The van der Waals surface area contributed by atoms with Crippen molar-refractivity contribution in [1.29, 1.82) is 5.26 Å². The van der Waals surface area contributed by atoms with Gasteiger partial charge < -0.3 is 21.3 Å². The SMILES string of the molecule is N#Cc1cccc2c1CCCN2C(=O)c1ncc(N2CCC3(CC2)Cc2ccccc2C3N)nc1N. The number of nitriles is 1. The number of rotatable bonds is 2. The molecule has 1 atom stereocenters. The van der Waals surface area contributed by atoms with Gasteiger partial charge in [-0.3, -0.25) is 4.79 Å². The molecule has 8 heteroatoms. The van der Waals surface area contributed by atoms with Crippen LogP contribution in [0.1, 0.15) is 58.0 Å². The number of nitrogens with two attached hydrogens (primary N) is 2. The molecule has 3 aliphatic rings. The third-order valence-corrected chi connectivity index (χ3v) is 8.28. The van der Waals surface area contributed by atoms with Crippen LogP contribution in [0.3, 0.4) is 0 Å². The first-order valence-electron chi connectivity index (χ1n) is 12.6. The van der Waals surface area contributed by atoms with Crippen molar-refractivity contribution in [2.75, 3.05) is 35.2 Å². The molecule has 3 aromatic rings. The maximum absolute atomic E-state index is 13.4. The molecule has 36 heavy (non-hydrogen) atoms. The number of piperidine rings is 1. The van der Waals surface area contributed by atoms with Crippen LogP contribution in [-0.4, -0.2) is 35.5 Å². The maximum Gasteiger partial charge on any atom is 0.280 e. The third-order valence-electron chi connectivity index (χ3n) is 8.28. The second kappa shape index (κ2) is 8.61. The molecule has 3 heterocycles. The zero-order chi connectivity index (χ0) is 24.9. The van der Waals surface area contributed by atoms with Gasteiger partial charge in [0.25, 0.3) is 5.91 Å². The first-order valence-corrected chi connectivity index (χ1v) is 12.6. The number of fused-ring (bicyclic) bond motifs is 2. The van der Waals surface area contributed by atoms with Crippen molar-refractivity contribution in [3.63, 3.8) is 0 Å². The van der Waals surface area contributed by atoms with E-state index in [1.807, 2.05) is 6.07 Å². The number of nitrogen functional groups attached to an aromatic ring is 1. The summed E-state index contributed by atoms with van der Waals surface area (Å²) in [6.07, 6.45) is 6.16. The van der Waals surface area contributed by atoms with Crippen LogP contribution in [0.25, 0.3) is 0 Å². The molecule has 1 amide bonds. The Labute approximate surface area is 210 Å². The Bertz CT molecular complexity index is 1390. The lowest BCUT2D eigenvalue weighted by Crippen LogP contribution is -2.44. The van der Waals surface area contributed by atoms with E-state index in [-0.39, 0.29) is 28.9 Å². The quantitative estimate of drug-likeness (QED) is 0.577. The number of hydrogen-bond donors (Lipinski definition) is 2. The van der Waals surface area contributed by atoms with E-state index in [0.29, 0.717) is 17.9 Å². The zero-order valence-corrected chi connectivity index (χ0v) is 20.2. The van der Waals surface area contributed by atoms with Gasteiger partial charge in [-0.25, -0.2) is 9.97 Å². The van der Waals surface area contributed by atoms with E-state index in [9.17, 15) is 10.1 Å². The van der Waals surface area contributed by atoms with Crippen LogP contribution >= 0.6 is 0 Å². The Morgan fingerprint density at radius 3 is 2.67 bits per heavy atom. The van der Waals surface area contributed by atoms with E-state index in [2.05, 4.69) is 45.2 Å². The number of carbonyl (C=O) groups is 1. The Morgan fingerprint density at radius 1 is 1.11 bits per heavy atom. The van der Waals surface area contributed by atoms with Crippen LogP contribution in [0.15, 0.2) is 48.7 Å². The molecule has 6 rings (SSSR count). The highest BCUT2D eigenvalue weighted by Crippen LogP contribution is 2.50. The fourth-order valence-electron chi connectivity index (χ4n) is 6.27. The van der Waals surface area contributed by atoms with Gasteiger partial charge in [0.05, 0.1) is 17.8 Å². The molecular formula is C28H29N7O. The lowest BCUT2D eigenvalue weighted by atomic mass is 9.73. The highest BCUT2D eigenvalue weighted by Gasteiger charge is 2.46. The van der Waals surface area contributed by atoms with Gasteiger partial charge in [0.1, 0.15) is 5.82 Å². The predicted molar refractivity (Wildman–Crippen MR) is 139 cm³/mol. The fraction of sp³-hybridized carbons (Fsp3) is 0.357. The van der Waals surface area contributed by atoms with Crippen LogP contribution < -0.4 is 21.3 Å². The molecule has 0 saturated carbocycles. The molecule has 2 aliphatic heterocycles. The van der Waals surface area contributed by atoms with E-state index in [4.69, 9.17) is 11.5 Å². The molecular weight excluding hydrogens is 450 g/mol. The topological polar surface area (TPSA) is 125 Å². The molecule has 0 radical (unpaired) electrons. The van der Waals surface area contributed by atoms with E-state index in [1.54, 1.807) is 23.2 Å². The number of amides is 1. The van der Waals surface area contributed by atoms with Crippen molar-refractivity contribution in [3.05, 3.63) is 76.6 Å². The molecule has 1 fully saturated rings. The van der Waals surface area contributed by atoms with E-state index in [0.717, 1.165) is 56.4 Å². The number of hydrogen-bond acceptors (Lipinski definition) is 7. The second-order valence-electron chi connectivity index (χ2n) is 10.1. The van der Waals surface area contributed by atoms with Crippen molar-refractivity contribution < 1.29 is 4.79 Å². The van der Waals surface area contributed by atoms with Crippen LogP contribution in [0.2, 0.25) is 0 Å². The Kier molecular flexibility index (Phi) is 5.38. The van der Waals surface area contributed by atoms with Crippen LogP contribution in [0.4, 0.5) is 17.3 Å². The number of carbonyl (C=O) groups excluding carboxylic acids is 1. The standard InChI is InChI=1S/C28H29N7O/c29-16-19-6-3-9-22-20(19)8-4-12-35(22)27(36)24-26(31)33-23(17-32-24)34-13-10-28(11-14-34)15-18-5-1-2-7-21(18)25(28)30/h1-3,5-7,9,17,25H,4,8,10-15,30H2,(H2,31,33). The normalized spacial score (nSPS) is 20.1. The van der Waals surface area contributed by atoms with Crippen molar-refractivity contribution in [2.45, 2.75) is 38.1 Å². The predicted octanol–water partition coefficient (Wildman–Crippen LogP) is 3.37. The molecule has 1 aliphatic carbocycles. The minimum atomic E-state index is -0.283. The lowest BCUT2D eigenvalue weighted by molar-refractivity contribution is 0.0981. The number of aromatic nitrogens is 2. The van der Waals surface area contributed by atoms with Crippen LogP contribution in [0.5, 0.6) is 0 Å². The van der Waals surface area contributed by atoms with Crippen LogP contribution in [0, 0.1) is 16.7 Å². The zero-order valence-electron chi connectivity index (χ0n) is 20.2. The van der Waals surface area contributed by atoms with E-state index >= 15 is 0 Å². The Morgan fingerprint density at radius 2 is 1.92 bits per heavy atom. The number of nitrogens with zero attached hydrogens (tertiary/aromatic N) is 5. The molecule has 1 unspecified atom stereocenters. The summed E-state index contributed by atoms with van der Waals surface area (Å²) in [4.78, 5) is 26.3. The van der Waals surface area contributed by atoms with E-state index in [1.165, 1.54) is 11.1 Å². The van der Waals surface area contributed by atoms with Gasteiger partial charge in [-0.2, -0.15) is 5.26 Å². The average Bonchev–Trinajstić information content (AvgIpc) is 3.18. The highest BCUT2D eigenvalue weighted by molar-refractivity contribution is 6.08. The lowest BCUT2D eigenvalue weighted by Gasteiger charge is -2.42. The smallest absolute Gasteiger partial charge is 0.280 e. The molecule has 1 spiro atoms. The highest BCUT2D eigenvalue weighted by atomic mass is 16.2. The van der Waals surface area contributed by atoms with Gasteiger partial charge in [0.2, 0.25) is 0 Å². The van der Waals surface area contributed by atoms with Crippen LogP contribution in [-0.2, 0) is 12.8 Å². The van der Waals surface area contributed by atoms with Gasteiger partial charge in [-0.1, -0.05) is 30.3 Å². The largest absolute Gasteiger partial charge is 0.382 e. The Hall–Kier alpha value is -3.96. The first-order chi connectivity index (χ1) is 17.5. The second-order valence-corrected chi connectivity index (χ2v) is 10.1. The number of benzene rings is 2. The molecule has 182 valence electrons. The van der Waals surface area contributed by atoms with Gasteiger partial charge in [0.15, 0.2) is 11.5 Å². The van der Waals surface area contributed by atoms with Gasteiger partial charge in [0, 0.05) is 31.4 Å². The van der Waals surface area contributed by atoms with Crippen molar-refractivity contribution in [1.82, 2.24) is 9.97 Å². The minimum Gasteiger partial charge on any atom is -0.382 e. The molecule has 8 nitrogen and oxygen atoms in total. The Balaban J connectivity index is 1.19. The molecule has 1 aromatic heterocycles. The maximum atomic E-state index is 13.4.